The second-order valence-electron chi connectivity index (χ2n) is 7.71. The van der Waals surface area contributed by atoms with E-state index in [9.17, 15) is 19.6 Å². The maximum Gasteiger partial charge on any atom is 0.322 e. The molecule has 0 unspecified atom stereocenters. The number of esters is 3. The summed E-state index contributed by atoms with van der Waals surface area (Å²) in [7, 11) is 0. The number of ether oxygens (including phenoxy) is 5. The molecule has 2 aromatic rings. The van der Waals surface area contributed by atoms with Crippen LogP contribution in [-0.4, -0.2) is 70.7 Å². The fourth-order valence-corrected chi connectivity index (χ4v) is 3.25. The van der Waals surface area contributed by atoms with Gasteiger partial charge in [0.25, 0.3) is 6.26 Å². The van der Waals surface area contributed by atoms with Gasteiger partial charge < -0.3 is 29.4 Å². The van der Waals surface area contributed by atoms with E-state index in [1.54, 1.807) is 46.1 Å². The van der Waals surface area contributed by atoms with Crippen LogP contribution >= 0.6 is 0 Å². The van der Waals surface area contributed by atoms with Crippen LogP contribution in [0.5, 0.6) is 0 Å². The Balaban J connectivity index is 2.37. The molecule has 2 heterocycles. The summed E-state index contributed by atoms with van der Waals surface area (Å²) in [6, 6.07) is 2.56. The summed E-state index contributed by atoms with van der Waals surface area (Å²) in [6.45, 7) is 6.34. The zero-order chi connectivity index (χ0) is 27.4. The van der Waals surface area contributed by atoms with Crippen LogP contribution in [0, 0.1) is 11.5 Å². The first-order valence-electron chi connectivity index (χ1n) is 11.8. The molecule has 0 fully saturated rings. The van der Waals surface area contributed by atoms with E-state index in [1.165, 1.54) is 10.8 Å². The Morgan fingerprint density at radius 1 is 1.16 bits per heavy atom. The normalized spacial score (nSPS) is 14.1. The monoisotopic (exact) mass is 520 g/mol. The number of nitriles is 1. The van der Waals surface area contributed by atoms with Crippen molar-refractivity contribution in [3.8, 4) is 6.26 Å². The van der Waals surface area contributed by atoms with Gasteiger partial charge in [-0.1, -0.05) is 13.8 Å². The van der Waals surface area contributed by atoms with E-state index >= 15 is 0 Å². The van der Waals surface area contributed by atoms with Crippen molar-refractivity contribution in [1.82, 2.24) is 19.9 Å². The number of nitrogens with two attached hydrogens (primary N) is 1. The summed E-state index contributed by atoms with van der Waals surface area (Å²) in [5.41, 5.74) is 6.67. The smallest absolute Gasteiger partial charge is 0.322 e. The Kier molecular flexibility index (Phi) is 11.5. The van der Waals surface area contributed by atoms with E-state index in [1.807, 2.05) is 0 Å². The minimum Gasteiger partial charge on any atom is -0.465 e. The molecule has 0 aromatic carbocycles. The Morgan fingerprint density at radius 2 is 1.86 bits per heavy atom. The van der Waals surface area contributed by atoms with E-state index < -0.39 is 42.3 Å². The number of nitrogens with one attached hydrogen (secondary N) is 1. The number of carbonyl (C=O) groups is 3. The number of carbonyl (C=O) groups excluding carboxylic acids is 3. The van der Waals surface area contributed by atoms with Gasteiger partial charge in [-0.25, -0.2) is 9.50 Å². The van der Waals surface area contributed by atoms with Crippen LogP contribution in [0.2, 0.25) is 0 Å². The van der Waals surface area contributed by atoms with E-state index in [0.29, 0.717) is 11.2 Å². The van der Waals surface area contributed by atoms with Crippen molar-refractivity contribution in [1.29, 1.82) is 5.26 Å². The molecule has 0 aliphatic heterocycles. The molecule has 4 atom stereocenters. The van der Waals surface area contributed by atoms with Crippen LogP contribution < -0.4 is 11.1 Å². The largest absolute Gasteiger partial charge is 0.465 e. The predicted molar refractivity (Wildman–Crippen MR) is 127 cm³/mol. The summed E-state index contributed by atoms with van der Waals surface area (Å²) in [6.07, 6.45) is -0.905. The lowest BCUT2D eigenvalue weighted by Crippen LogP contribution is -2.44. The first kappa shape index (κ1) is 29.3. The molecule has 2 rings (SSSR count). The highest BCUT2D eigenvalue weighted by atomic mass is 16.6. The van der Waals surface area contributed by atoms with Gasteiger partial charge in [0.05, 0.1) is 25.6 Å². The maximum atomic E-state index is 12.4. The molecule has 37 heavy (non-hydrogen) atoms. The summed E-state index contributed by atoms with van der Waals surface area (Å²) in [5, 5.41) is 16.3. The number of hydrogen-bond acceptors (Lipinski definition) is 13. The van der Waals surface area contributed by atoms with Crippen LogP contribution in [0.4, 0.5) is 5.82 Å². The Hall–Kier alpha value is -3.96. The molecule has 3 N–H and O–H groups in total. The van der Waals surface area contributed by atoms with E-state index in [-0.39, 0.29) is 38.6 Å². The van der Waals surface area contributed by atoms with Gasteiger partial charge >= 0.3 is 17.9 Å². The van der Waals surface area contributed by atoms with Gasteiger partial charge in [-0.15, -0.1) is 0 Å². The molecular formula is C23H32N6O8. The quantitative estimate of drug-likeness (QED) is 0.111. The fraction of sp³-hybridized carbons (Fsp3) is 0.565. The van der Waals surface area contributed by atoms with E-state index in [2.05, 4.69) is 15.4 Å². The topological polar surface area (TPSA) is 189 Å². The number of nitrogens with zero attached hydrogens (tertiary/aromatic N) is 4. The molecule has 0 radical (unpaired) electrons. The summed E-state index contributed by atoms with van der Waals surface area (Å²) >= 11 is 0. The highest BCUT2D eigenvalue weighted by Gasteiger charge is 2.40. The predicted octanol–water partition coefficient (Wildman–Crippen LogP) is 1.01. The minimum atomic E-state index is -1.31. The van der Waals surface area contributed by atoms with Gasteiger partial charge in [0.1, 0.15) is 17.9 Å². The van der Waals surface area contributed by atoms with Gasteiger partial charge in [0.2, 0.25) is 0 Å². The molecule has 0 bridgehead atoms. The van der Waals surface area contributed by atoms with Crippen molar-refractivity contribution in [3.05, 3.63) is 24.2 Å². The molecule has 202 valence electrons. The van der Waals surface area contributed by atoms with Gasteiger partial charge in [0, 0.05) is 12.8 Å². The maximum absolute atomic E-state index is 12.4. The van der Waals surface area contributed by atoms with Crippen LogP contribution in [0.15, 0.2) is 18.5 Å². The lowest BCUT2D eigenvalue weighted by molar-refractivity contribution is -0.182. The highest BCUT2D eigenvalue weighted by molar-refractivity contribution is 5.75. The van der Waals surface area contributed by atoms with Gasteiger partial charge in [-0.05, 0) is 26.0 Å². The van der Waals surface area contributed by atoms with Gasteiger partial charge in [-0.2, -0.15) is 10.4 Å². The number of anilines is 1. The third kappa shape index (κ3) is 8.02. The lowest BCUT2D eigenvalue weighted by Gasteiger charge is -2.31. The summed E-state index contributed by atoms with van der Waals surface area (Å²) in [5.74, 6) is -1.50. The number of fused-ring (bicyclic) bond motifs is 1. The lowest BCUT2D eigenvalue weighted by atomic mass is 10.0. The number of rotatable bonds is 15. The Labute approximate surface area is 213 Å². The van der Waals surface area contributed by atoms with Crippen molar-refractivity contribution < 1.29 is 38.1 Å². The minimum absolute atomic E-state index is 0.00764. The summed E-state index contributed by atoms with van der Waals surface area (Å²) in [4.78, 5) is 40.5. The molecule has 0 saturated carbocycles. The average molecular weight is 521 g/mol. The number of hydrogen-bond donors (Lipinski definition) is 2. The average Bonchev–Trinajstić information content (AvgIpc) is 3.32. The van der Waals surface area contributed by atoms with Gasteiger partial charge in [0.15, 0.2) is 24.1 Å². The van der Waals surface area contributed by atoms with Crippen LogP contribution in [0.25, 0.3) is 5.52 Å². The van der Waals surface area contributed by atoms with E-state index in [0.717, 1.165) is 0 Å². The van der Waals surface area contributed by atoms with Crippen molar-refractivity contribution in [2.24, 2.45) is 0 Å². The van der Waals surface area contributed by atoms with E-state index in [4.69, 9.17) is 29.4 Å². The second-order valence-corrected chi connectivity index (χ2v) is 7.71. The molecule has 14 nitrogen and oxygen atoms in total. The fourth-order valence-electron chi connectivity index (χ4n) is 3.25. The number of aromatic nitrogens is 3. The van der Waals surface area contributed by atoms with Crippen molar-refractivity contribution in [2.45, 2.75) is 64.9 Å². The molecular weight excluding hydrogens is 488 g/mol. The van der Waals surface area contributed by atoms with Crippen LogP contribution in [-0.2, 0) is 38.1 Å². The molecule has 2 aromatic heterocycles. The standard InChI is InChI=1S/C23H32N6O8/c1-5-18(30)36-20(15-8-9-16-22(25)26-12-28-29(15)16)21(37-19(31)6-2)17(35-11-24)10-33-13-27-14(4)23(32)34-7-3/h8-9,12,14,17,20-21,27H,5-7,10,13H2,1-4H3,(H2,25,26,28)/t14-,17+,20-,21+/m0/s1. The van der Waals surface area contributed by atoms with Crippen LogP contribution in [0.1, 0.15) is 52.3 Å². The molecule has 0 aliphatic carbocycles. The second kappa shape index (κ2) is 14.6. The summed E-state index contributed by atoms with van der Waals surface area (Å²) < 4.78 is 28.4. The third-order valence-corrected chi connectivity index (χ3v) is 5.19. The molecule has 0 amide bonds. The van der Waals surface area contributed by atoms with Gasteiger partial charge in [-0.3, -0.25) is 19.7 Å². The van der Waals surface area contributed by atoms with Crippen LogP contribution in [0.3, 0.4) is 0 Å². The zero-order valence-electron chi connectivity index (χ0n) is 21.2. The molecule has 0 saturated heterocycles. The Bertz CT molecular complexity index is 1100. The molecule has 0 aliphatic rings. The van der Waals surface area contributed by atoms with Crippen molar-refractivity contribution in [3.63, 3.8) is 0 Å². The molecule has 14 heteroatoms. The first-order valence-corrected chi connectivity index (χ1v) is 11.8. The third-order valence-electron chi connectivity index (χ3n) is 5.19. The Morgan fingerprint density at radius 3 is 2.51 bits per heavy atom. The molecule has 0 spiro atoms. The first-order chi connectivity index (χ1) is 17.8. The number of nitrogen functional groups attached to an aromatic ring is 1. The zero-order valence-corrected chi connectivity index (χ0v) is 21.2. The van der Waals surface area contributed by atoms with Crippen molar-refractivity contribution >= 4 is 29.2 Å². The van der Waals surface area contributed by atoms with Crippen molar-refractivity contribution in [2.75, 3.05) is 25.7 Å². The highest BCUT2D eigenvalue weighted by Crippen LogP contribution is 2.30. The SMILES string of the molecule is CCOC(=O)[C@H](C)NCOC[C@@H](OC#N)[C@@H](OC(=O)CC)[C@@H](OC(=O)CC)c1ccc2c(N)ncnn12.